The van der Waals surface area contributed by atoms with Gasteiger partial charge in [-0.15, -0.1) is 0 Å². The summed E-state index contributed by atoms with van der Waals surface area (Å²) in [6.07, 6.45) is 2.03. The third-order valence-electron chi connectivity index (χ3n) is 2.04. The van der Waals surface area contributed by atoms with Gasteiger partial charge in [-0.25, -0.2) is 0 Å². The van der Waals surface area contributed by atoms with Crippen LogP contribution < -0.4 is 11.1 Å². The van der Waals surface area contributed by atoms with Gasteiger partial charge < -0.3 is 11.1 Å². The molecular formula is C11H15N3O2. The van der Waals surface area contributed by atoms with Crippen molar-refractivity contribution < 1.29 is 4.92 Å². The number of nitrogens with one attached hydrogen (secondary N) is 1. The molecule has 5 nitrogen and oxygen atoms in total. The maximum Gasteiger partial charge on any atom is 0.292 e. The van der Waals surface area contributed by atoms with E-state index in [1.54, 1.807) is 12.1 Å². The molecule has 0 bridgehead atoms. The molecule has 16 heavy (non-hydrogen) atoms. The first kappa shape index (κ1) is 12.0. The minimum atomic E-state index is -0.491. The minimum absolute atomic E-state index is 0.0623. The molecule has 0 spiro atoms. The lowest BCUT2D eigenvalue weighted by Crippen LogP contribution is -2.01. The number of allylic oxidation sites excluding steroid dienone is 1. The Kier molecular flexibility index (Phi) is 3.88. The average Bonchev–Trinajstić information content (AvgIpc) is 2.16. The Hall–Kier alpha value is -2.04. The zero-order valence-corrected chi connectivity index (χ0v) is 9.36. The molecule has 0 saturated heterocycles. The average molecular weight is 221 g/mol. The number of rotatable bonds is 4. The number of nitro groups is 1. The highest BCUT2D eigenvalue weighted by molar-refractivity contribution is 5.65. The molecule has 3 N–H and O–H groups in total. The van der Waals surface area contributed by atoms with Gasteiger partial charge in [0.25, 0.3) is 5.69 Å². The van der Waals surface area contributed by atoms with E-state index >= 15 is 0 Å². The van der Waals surface area contributed by atoms with Crippen LogP contribution in [0.3, 0.4) is 0 Å². The van der Waals surface area contributed by atoms with Crippen LogP contribution in [0.1, 0.15) is 13.8 Å². The summed E-state index contributed by atoms with van der Waals surface area (Å²) in [5.74, 6) is 0. The van der Waals surface area contributed by atoms with Gasteiger partial charge in [0.2, 0.25) is 0 Å². The molecule has 0 fully saturated rings. The third-order valence-corrected chi connectivity index (χ3v) is 2.04. The van der Waals surface area contributed by atoms with Crippen molar-refractivity contribution in [2.75, 3.05) is 17.6 Å². The van der Waals surface area contributed by atoms with E-state index in [-0.39, 0.29) is 11.4 Å². The van der Waals surface area contributed by atoms with Crippen molar-refractivity contribution in [1.82, 2.24) is 0 Å². The molecule has 1 aromatic rings. The maximum atomic E-state index is 10.5. The molecule has 0 amide bonds. The van der Waals surface area contributed by atoms with Gasteiger partial charge in [0.15, 0.2) is 0 Å². The van der Waals surface area contributed by atoms with Gasteiger partial charge in [0, 0.05) is 18.3 Å². The molecule has 0 aliphatic carbocycles. The lowest BCUT2D eigenvalue weighted by atomic mass is 10.2. The fraction of sp³-hybridized carbons (Fsp3) is 0.273. The van der Waals surface area contributed by atoms with E-state index in [1.165, 1.54) is 11.6 Å². The lowest BCUT2D eigenvalue weighted by molar-refractivity contribution is -0.383. The van der Waals surface area contributed by atoms with Crippen LogP contribution in [0.5, 0.6) is 0 Å². The topological polar surface area (TPSA) is 81.2 Å². The highest BCUT2D eigenvalue weighted by Gasteiger charge is 2.10. The molecule has 0 aliphatic rings. The summed E-state index contributed by atoms with van der Waals surface area (Å²) in [6.45, 7) is 4.69. The van der Waals surface area contributed by atoms with Gasteiger partial charge in [0.05, 0.1) is 4.92 Å². The van der Waals surface area contributed by atoms with Crippen molar-refractivity contribution in [1.29, 1.82) is 0 Å². The van der Waals surface area contributed by atoms with Crippen molar-refractivity contribution in [2.24, 2.45) is 0 Å². The number of anilines is 2. The lowest BCUT2D eigenvalue weighted by Gasteiger charge is -2.05. The Labute approximate surface area is 94.1 Å². The molecule has 86 valence electrons. The van der Waals surface area contributed by atoms with Gasteiger partial charge in [-0.2, -0.15) is 0 Å². The van der Waals surface area contributed by atoms with Crippen molar-refractivity contribution in [3.63, 3.8) is 0 Å². The summed E-state index contributed by atoms with van der Waals surface area (Å²) in [7, 11) is 0. The summed E-state index contributed by atoms with van der Waals surface area (Å²) in [5, 5.41) is 13.6. The smallest absolute Gasteiger partial charge is 0.292 e. The van der Waals surface area contributed by atoms with E-state index in [1.807, 2.05) is 19.9 Å². The first-order valence-electron chi connectivity index (χ1n) is 4.92. The summed E-state index contributed by atoms with van der Waals surface area (Å²) in [4.78, 5) is 10.0. The molecule has 0 radical (unpaired) electrons. The molecule has 0 saturated carbocycles. The zero-order chi connectivity index (χ0) is 12.1. The maximum absolute atomic E-state index is 10.5. The van der Waals surface area contributed by atoms with Crippen LogP contribution in [-0.4, -0.2) is 11.5 Å². The zero-order valence-electron chi connectivity index (χ0n) is 9.36. The second-order valence-corrected chi connectivity index (χ2v) is 3.69. The number of nitrogens with zero attached hydrogens (tertiary/aromatic N) is 1. The molecule has 5 heteroatoms. The van der Waals surface area contributed by atoms with Crippen LogP contribution in [0.25, 0.3) is 0 Å². The Balaban J connectivity index is 2.74. The number of nitro benzene ring substituents is 1. The van der Waals surface area contributed by atoms with Gasteiger partial charge in [-0.05, 0) is 26.0 Å². The number of hydrogen-bond donors (Lipinski definition) is 2. The van der Waals surface area contributed by atoms with Crippen LogP contribution in [0.4, 0.5) is 17.1 Å². The Morgan fingerprint density at radius 1 is 1.56 bits per heavy atom. The van der Waals surface area contributed by atoms with Gasteiger partial charge in [0.1, 0.15) is 5.69 Å². The van der Waals surface area contributed by atoms with Gasteiger partial charge in [-0.1, -0.05) is 11.6 Å². The van der Waals surface area contributed by atoms with E-state index in [0.717, 1.165) is 5.69 Å². The monoisotopic (exact) mass is 221 g/mol. The molecule has 0 atom stereocenters. The first-order chi connectivity index (χ1) is 7.50. The van der Waals surface area contributed by atoms with Crippen LogP contribution >= 0.6 is 0 Å². The Morgan fingerprint density at radius 2 is 2.25 bits per heavy atom. The molecule has 0 aliphatic heterocycles. The minimum Gasteiger partial charge on any atom is -0.393 e. The van der Waals surface area contributed by atoms with Crippen LogP contribution in [0.2, 0.25) is 0 Å². The molecule has 1 aromatic carbocycles. The molecule has 0 heterocycles. The van der Waals surface area contributed by atoms with Crippen molar-refractivity contribution >= 4 is 17.1 Å². The van der Waals surface area contributed by atoms with Crippen molar-refractivity contribution in [3.05, 3.63) is 40.0 Å². The fourth-order valence-corrected chi connectivity index (χ4v) is 1.20. The molecule has 0 aromatic heterocycles. The normalized spacial score (nSPS) is 9.62. The fourth-order valence-electron chi connectivity index (χ4n) is 1.20. The van der Waals surface area contributed by atoms with Crippen molar-refractivity contribution in [2.45, 2.75) is 13.8 Å². The quantitative estimate of drug-likeness (QED) is 0.354. The third kappa shape index (κ3) is 3.27. The standard InChI is InChI=1S/C11H15N3O2/c1-8(2)5-6-13-9-3-4-11(14(15)16)10(12)7-9/h3-5,7,13H,6,12H2,1-2H3. The number of hydrogen-bond acceptors (Lipinski definition) is 4. The number of nitrogens with two attached hydrogens (primary N) is 1. The van der Waals surface area contributed by atoms with Gasteiger partial charge in [-0.3, -0.25) is 10.1 Å². The predicted octanol–water partition coefficient (Wildman–Crippen LogP) is 2.56. The second kappa shape index (κ2) is 5.16. The van der Waals surface area contributed by atoms with Crippen molar-refractivity contribution in [3.8, 4) is 0 Å². The van der Waals surface area contributed by atoms with E-state index in [9.17, 15) is 10.1 Å². The summed E-state index contributed by atoms with van der Waals surface area (Å²) in [5.41, 5.74) is 7.66. The van der Waals surface area contributed by atoms with Crippen LogP contribution in [-0.2, 0) is 0 Å². The number of nitrogen functional groups attached to an aromatic ring is 1. The molecule has 1 rings (SSSR count). The Bertz CT molecular complexity index is 423. The SMILES string of the molecule is CC(C)=CCNc1ccc([N+](=O)[O-])c(N)c1. The summed E-state index contributed by atoms with van der Waals surface area (Å²) in [6, 6.07) is 4.62. The van der Waals surface area contributed by atoms with E-state index in [4.69, 9.17) is 5.73 Å². The Morgan fingerprint density at radius 3 is 2.75 bits per heavy atom. The molecular weight excluding hydrogens is 206 g/mol. The highest BCUT2D eigenvalue weighted by atomic mass is 16.6. The summed E-state index contributed by atoms with van der Waals surface area (Å²) >= 11 is 0. The van der Waals surface area contributed by atoms with Crippen LogP contribution in [0, 0.1) is 10.1 Å². The number of benzene rings is 1. The predicted molar refractivity (Wildman–Crippen MR) is 65.4 cm³/mol. The molecule has 0 unspecified atom stereocenters. The van der Waals surface area contributed by atoms with Gasteiger partial charge >= 0.3 is 0 Å². The van der Waals surface area contributed by atoms with E-state index < -0.39 is 4.92 Å². The summed E-state index contributed by atoms with van der Waals surface area (Å²) < 4.78 is 0. The van der Waals surface area contributed by atoms with Crippen LogP contribution in [0.15, 0.2) is 29.8 Å². The first-order valence-corrected chi connectivity index (χ1v) is 4.92. The second-order valence-electron chi connectivity index (χ2n) is 3.69. The van der Waals surface area contributed by atoms with E-state index in [0.29, 0.717) is 6.54 Å². The largest absolute Gasteiger partial charge is 0.393 e. The highest BCUT2D eigenvalue weighted by Crippen LogP contribution is 2.24. The van der Waals surface area contributed by atoms with E-state index in [2.05, 4.69) is 5.32 Å².